The van der Waals surface area contributed by atoms with Crippen molar-refractivity contribution in [3.63, 3.8) is 0 Å². The zero-order chi connectivity index (χ0) is 19.7. The number of hydrogen-bond acceptors (Lipinski definition) is 4. The van der Waals surface area contributed by atoms with Gasteiger partial charge in [0.25, 0.3) is 5.69 Å². The van der Waals surface area contributed by atoms with Crippen LogP contribution in [0.4, 0.5) is 5.69 Å². The molecule has 0 aromatic heterocycles. The van der Waals surface area contributed by atoms with Crippen LogP contribution in [0.25, 0.3) is 10.8 Å². The molecule has 0 heterocycles. The molecule has 3 aromatic rings. The highest BCUT2D eigenvalue weighted by Crippen LogP contribution is 2.41. The molecule has 0 fully saturated rings. The molecule has 0 aliphatic rings. The summed E-state index contributed by atoms with van der Waals surface area (Å²) in [6, 6.07) is 13.4. The third-order valence-corrected chi connectivity index (χ3v) is 6.53. The van der Waals surface area contributed by atoms with Gasteiger partial charge in [-0.05, 0) is 66.4 Å². The number of ether oxygens (including phenoxy) is 1. The molecule has 3 rings (SSSR count). The molecule has 0 radical (unpaired) electrons. The van der Waals surface area contributed by atoms with Gasteiger partial charge in [-0.25, -0.2) is 0 Å². The minimum absolute atomic E-state index is 0.0435. The van der Waals surface area contributed by atoms with E-state index in [1.165, 1.54) is 24.3 Å². The van der Waals surface area contributed by atoms with Crippen LogP contribution in [-0.2, 0) is 4.79 Å². The summed E-state index contributed by atoms with van der Waals surface area (Å²) in [6.45, 7) is 0. The van der Waals surface area contributed by atoms with Gasteiger partial charge in [-0.15, -0.1) is 0 Å². The number of carbonyl (C=O) groups is 1. The second-order valence-corrected chi connectivity index (χ2v) is 8.98. The van der Waals surface area contributed by atoms with Crippen molar-refractivity contribution in [3.8, 4) is 5.75 Å². The van der Waals surface area contributed by atoms with Crippen molar-refractivity contribution in [1.29, 1.82) is 0 Å². The van der Waals surface area contributed by atoms with Crippen LogP contribution in [0.1, 0.15) is 10.4 Å². The maximum Gasteiger partial charge on any atom is 0.329 e. The lowest BCUT2D eigenvalue weighted by Gasteiger charge is -2.14. The number of nitro benzene ring substituents is 1. The fourth-order valence-corrected chi connectivity index (χ4v) is 4.65. The summed E-state index contributed by atoms with van der Waals surface area (Å²) >= 11 is 13.7. The molecule has 9 heteroatoms. The lowest BCUT2D eigenvalue weighted by Crippen LogP contribution is -2.15. The minimum Gasteiger partial charge on any atom is -0.423 e. The lowest BCUT2D eigenvalue weighted by molar-refractivity contribution is -0.384. The highest BCUT2D eigenvalue weighted by atomic mass is 79.9. The third kappa shape index (κ3) is 4.42. The van der Waals surface area contributed by atoms with Gasteiger partial charge >= 0.3 is 5.97 Å². The van der Waals surface area contributed by atoms with Gasteiger partial charge in [0.05, 0.1) is 13.9 Å². The smallest absolute Gasteiger partial charge is 0.329 e. The summed E-state index contributed by atoms with van der Waals surface area (Å²) in [4.78, 5) is 22.1. The van der Waals surface area contributed by atoms with E-state index in [0.29, 0.717) is 20.3 Å². The Hall–Kier alpha value is -1.29. The van der Waals surface area contributed by atoms with E-state index in [4.69, 9.17) is 4.74 Å². The summed E-state index contributed by atoms with van der Waals surface area (Å²) in [5.41, 5.74) is 0.514. The molecule has 0 amide bonds. The fraction of sp³-hybridized carbons (Fsp3) is 0.0556. The largest absolute Gasteiger partial charge is 0.423 e. The maximum absolute atomic E-state index is 12.6. The molecule has 0 saturated carbocycles. The first-order valence-electron chi connectivity index (χ1n) is 7.45. The zero-order valence-electron chi connectivity index (χ0n) is 13.3. The highest BCUT2D eigenvalue weighted by molar-refractivity contribution is 9.11. The van der Waals surface area contributed by atoms with Crippen LogP contribution < -0.4 is 4.74 Å². The first-order valence-corrected chi connectivity index (χ1v) is 10.7. The van der Waals surface area contributed by atoms with Gasteiger partial charge in [0.15, 0.2) is 5.75 Å². The standard InChI is InChI=1S/C18H9Br4NO4/c19-11-3-6-13-10(7-11)8-14(20)17(16(13)22)27-18(24)15(21)9-1-4-12(5-2-9)23(25)26/h1-8,15H. The van der Waals surface area contributed by atoms with E-state index in [1.54, 1.807) is 0 Å². The quantitative estimate of drug-likeness (QED) is 0.103. The Balaban J connectivity index is 1.89. The molecule has 1 atom stereocenters. The number of rotatable bonds is 4. The van der Waals surface area contributed by atoms with E-state index >= 15 is 0 Å². The van der Waals surface area contributed by atoms with Gasteiger partial charge in [0.2, 0.25) is 0 Å². The molecule has 0 aliphatic carbocycles. The molecule has 0 spiro atoms. The molecule has 1 unspecified atom stereocenters. The van der Waals surface area contributed by atoms with Crippen LogP contribution in [0, 0.1) is 10.1 Å². The normalized spacial score (nSPS) is 12.0. The van der Waals surface area contributed by atoms with E-state index in [0.717, 1.165) is 15.2 Å². The summed E-state index contributed by atoms with van der Waals surface area (Å²) in [6.07, 6.45) is 0. The van der Waals surface area contributed by atoms with Crippen LogP contribution in [0.5, 0.6) is 5.75 Å². The Morgan fingerprint density at radius 2 is 1.70 bits per heavy atom. The summed E-state index contributed by atoms with van der Waals surface area (Å²) in [5, 5.41) is 12.6. The van der Waals surface area contributed by atoms with Crippen LogP contribution >= 0.6 is 63.7 Å². The van der Waals surface area contributed by atoms with E-state index in [1.807, 2.05) is 24.3 Å². The molecule has 0 N–H and O–H groups in total. The molecule has 3 aromatic carbocycles. The number of fused-ring (bicyclic) bond motifs is 1. The Morgan fingerprint density at radius 3 is 2.33 bits per heavy atom. The molecule has 5 nitrogen and oxygen atoms in total. The van der Waals surface area contributed by atoms with Crippen molar-refractivity contribution < 1.29 is 14.5 Å². The number of carbonyl (C=O) groups excluding carboxylic acids is 1. The average molecular weight is 623 g/mol. The Bertz CT molecular complexity index is 1050. The van der Waals surface area contributed by atoms with Crippen LogP contribution in [-0.4, -0.2) is 10.9 Å². The molecule has 27 heavy (non-hydrogen) atoms. The number of nitrogens with zero attached hydrogens (tertiary/aromatic N) is 1. The van der Waals surface area contributed by atoms with E-state index in [2.05, 4.69) is 63.7 Å². The van der Waals surface area contributed by atoms with Crippen molar-refractivity contribution in [2.45, 2.75) is 4.83 Å². The average Bonchev–Trinajstić information content (AvgIpc) is 2.64. The number of non-ortho nitro benzene ring substituents is 1. The number of alkyl halides is 1. The lowest BCUT2D eigenvalue weighted by atomic mass is 10.1. The van der Waals surface area contributed by atoms with Crippen molar-refractivity contribution in [1.82, 2.24) is 0 Å². The van der Waals surface area contributed by atoms with Crippen molar-refractivity contribution in [2.75, 3.05) is 0 Å². The van der Waals surface area contributed by atoms with Crippen LogP contribution in [0.2, 0.25) is 0 Å². The zero-order valence-corrected chi connectivity index (χ0v) is 19.6. The predicted molar refractivity (Wildman–Crippen MR) is 117 cm³/mol. The van der Waals surface area contributed by atoms with Crippen LogP contribution in [0.15, 0.2) is 61.9 Å². The monoisotopic (exact) mass is 619 g/mol. The predicted octanol–water partition coefficient (Wildman–Crippen LogP) is 7.08. The fourth-order valence-electron chi connectivity index (χ4n) is 2.43. The molecule has 0 bridgehead atoms. The maximum atomic E-state index is 12.6. The van der Waals surface area contributed by atoms with Gasteiger partial charge < -0.3 is 4.74 Å². The van der Waals surface area contributed by atoms with Gasteiger partial charge in [0.1, 0.15) is 4.83 Å². The van der Waals surface area contributed by atoms with E-state index < -0.39 is 15.7 Å². The van der Waals surface area contributed by atoms with Crippen molar-refractivity contribution in [2.24, 2.45) is 0 Å². The highest BCUT2D eigenvalue weighted by Gasteiger charge is 2.23. The van der Waals surface area contributed by atoms with Gasteiger partial charge in [0, 0.05) is 16.6 Å². The van der Waals surface area contributed by atoms with Gasteiger partial charge in [-0.3, -0.25) is 14.9 Å². The Labute approximate surface area is 187 Å². The number of halogens is 4. The first kappa shape index (κ1) is 20.4. The first-order chi connectivity index (χ1) is 12.8. The van der Waals surface area contributed by atoms with Crippen LogP contribution in [0.3, 0.4) is 0 Å². The molecular weight excluding hydrogens is 614 g/mol. The van der Waals surface area contributed by atoms with Gasteiger partial charge in [-0.2, -0.15) is 0 Å². The summed E-state index contributed by atoms with van der Waals surface area (Å²) in [7, 11) is 0. The number of benzene rings is 3. The Kier molecular flexibility index (Phi) is 6.35. The van der Waals surface area contributed by atoms with Crippen molar-refractivity contribution in [3.05, 3.63) is 77.6 Å². The van der Waals surface area contributed by atoms with Gasteiger partial charge in [-0.1, -0.05) is 50.1 Å². The number of esters is 1. The third-order valence-electron chi connectivity index (χ3n) is 3.75. The van der Waals surface area contributed by atoms with E-state index in [-0.39, 0.29) is 5.69 Å². The topological polar surface area (TPSA) is 69.4 Å². The molecule has 0 saturated heterocycles. The number of nitro groups is 1. The summed E-state index contributed by atoms with van der Waals surface area (Å²) < 4.78 is 7.80. The number of hydrogen-bond donors (Lipinski definition) is 0. The molecule has 138 valence electrons. The minimum atomic E-state index is -0.766. The van der Waals surface area contributed by atoms with Crippen molar-refractivity contribution >= 4 is 86.1 Å². The van der Waals surface area contributed by atoms with E-state index in [9.17, 15) is 14.9 Å². The molecular formula is C18H9Br4NO4. The summed E-state index contributed by atoms with van der Waals surface area (Å²) in [5.74, 6) is -0.178. The Morgan fingerprint density at radius 1 is 1.04 bits per heavy atom. The second-order valence-electron chi connectivity index (χ2n) is 5.50. The second kappa shape index (κ2) is 8.38. The SMILES string of the molecule is O=C(Oc1c(Br)cc2cc(Br)ccc2c1Br)C(Br)c1ccc([N+](=O)[O-])cc1. The molecule has 0 aliphatic heterocycles.